The maximum atomic E-state index is 16.4. The predicted molar refractivity (Wildman–Crippen MR) is 261 cm³/mol. The highest BCUT2D eigenvalue weighted by Gasteiger charge is 2.75. The normalized spacial score (nSPS) is 21.5. The molecule has 1 spiro atoms. The van der Waals surface area contributed by atoms with Gasteiger partial charge < -0.3 is 29.6 Å². The summed E-state index contributed by atoms with van der Waals surface area (Å²) in [4.78, 5) is 75.0. The number of methoxy groups -OCH3 is 1. The lowest BCUT2D eigenvalue weighted by Gasteiger charge is -2.46. The number of anilines is 1. The monoisotopic (exact) mass is 934 g/mol. The number of aromatic hydroxyl groups is 1. The number of amides is 3. The van der Waals surface area contributed by atoms with E-state index in [1.54, 1.807) is 30.3 Å². The van der Waals surface area contributed by atoms with Gasteiger partial charge in [0.1, 0.15) is 35.7 Å². The fraction of sp³-hybridized carbons (Fsp3) is 0.232. The molecular formula is C56H50N6O8. The van der Waals surface area contributed by atoms with E-state index < -0.39 is 59.4 Å². The zero-order chi connectivity index (χ0) is 48.4. The van der Waals surface area contributed by atoms with Crippen LogP contribution in [0.15, 0.2) is 158 Å². The molecule has 2 fully saturated rings. The molecule has 70 heavy (non-hydrogen) atoms. The van der Waals surface area contributed by atoms with E-state index in [2.05, 4.69) is 39.2 Å². The molecule has 0 saturated carbocycles. The minimum Gasteiger partial charge on any atom is -0.508 e. The first kappa shape index (κ1) is 45.7. The molecular weight excluding hydrogens is 885 g/mol. The molecule has 352 valence electrons. The second-order valence-electron chi connectivity index (χ2n) is 17.7. The standard InChI is InChI=1S/C56H50N6O8/c1-60(35-37-15-6-3-7-16-37)30-14-17-36-24-29-45-42(33-36)56(54(66)61(45)55(67)69-32-31-68-2)47(52(64)57-34-46-58-43-22-12-13-23-44(43)59-46)49-53(65)70-50(39-20-10-5-11-21-39)48(38-18-8-4-9-19-38)62(49)51(56)40-25-27-41(63)28-26-40/h3-13,15-16,18-29,33,47-51,63H,30-32,34-35H2,1-2H3,(H,57,64)(H,58,59)/t47-,48-,49-,50+,51+,56-/m1/s1. The molecule has 0 unspecified atom stereocenters. The number of H-pyrrole nitrogens is 1. The van der Waals surface area contributed by atoms with Crippen molar-refractivity contribution in [3.05, 3.63) is 197 Å². The maximum Gasteiger partial charge on any atom is 0.421 e. The van der Waals surface area contributed by atoms with Crippen LogP contribution in [0.2, 0.25) is 0 Å². The molecule has 6 atom stereocenters. The molecule has 6 aromatic carbocycles. The third kappa shape index (κ3) is 8.34. The highest BCUT2D eigenvalue weighted by atomic mass is 16.6. The number of fused-ring (bicyclic) bond motifs is 4. The Morgan fingerprint density at radius 3 is 2.23 bits per heavy atom. The summed E-state index contributed by atoms with van der Waals surface area (Å²) in [7, 11) is 3.44. The van der Waals surface area contributed by atoms with E-state index in [0.717, 1.165) is 21.5 Å². The zero-order valence-electron chi connectivity index (χ0n) is 38.5. The van der Waals surface area contributed by atoms with Gasteiger partial charge in [0.05, 0.1) is 54.4 Å². The molecule has 4 heterocycles. The summed E-state index contributed by atoms with van der Waals surface area (Å²) in [5, 5.41) is 13.8. The van der Waals surface area contributed by atoms with Crippen LogP contribution in [0, 0.1) is 17.8 Å². The first-order valence-electron chi connectivity index (χ1n) is 23.1. The van der Waals surface area contributed by atoms with Crippen molar-refractivity contribution in [2.45, 2.75) is 42.7 Å². The molecule has 3 aliphatic heterocycles. The summed E-state index contributed by atoms with van der Waals surface area (Å²) in [5.74, 6) is 3.25. The number of imide groups is 1. The Labute approximate surface area is 404 Å². The summed E-state index contributed by atoms with van der Waals surface area (Å²) < 4.78 is 17.5. The highest BCUT2D eigenvalue weighted by molar-refractivity contribution is 6.23. The smallest absolute Gasteiger partial charge is 0.421 e. The van der Waals surface area contributed by atoms with E-state index in [4.69, 9.17) is 19.2 Å². The number of phenolic OH excluding ortho intramolecular Hbond substituents is 1. The second-order valence-corrected chi connectivity index (χ2v) is 17.7. The third-order valence-electron chi connectivity index (χ3n) is 13.4. The van der Waals surface area contributed by atoms with Gasteiger partial charge in [-0.25, -0.2) is 14.7 Å². The lowest BCUT2D eigenvalue weighted by Crippen LogP contribution is -2.55. The average molecular weight is 935 g/mol. The number of imidazole rings is 1. The van der Waals surface area contributed by atoms with Crippen LogP contribution in [-0.2, 0) is 47.1 Å². The molecule has 1 aromatic heterocycles. The Morgan fingerprint density at radius 2 is 1.51 bits per heavy atom. The van der Waals surface area contributed by atoms with Crippen LogP contribution in [0.3, 0.4) is 0 Å². The van der Waals surface area contributed by atoms with E-state index in [0.29, 0.717) is 41.1 Å². The zero-order valence-corrected chi connectivity index (χ0v) is 38.5. The van der Waals surface area contributed by atoms with E-state index >= 15 is 14.4 Å². The number of aromatic amines is 1. The summed E-state index contributed by atoms with van der Waals surface area (Å²) in [6, 6.07) is 44.5. The number of hydrogen-bond donors (Lipinski definition) is 3. The Kier molecular flexibility index (Phi) is 12.7. The number of nitrogens with one attached hydrogen (secondary N) is 2. The summed E-state index contributed by atoms with van der Waals surface area (Å²) in [6.45, 7) is 0.866. The van der Waals surface area contributed by atoms with Gasteiger partial charge in [0.2, 0.25) is 11.8 Å². The summed E-state index contributed by atoms with van der Waals surface area (Å²) >= 11 is 0. The van der Waals surface area contributed by atoms with E-state index in [1.807, 2.05) is 115 Å². The number of carbonyl (C=O) groups excluding carboxylic acids is 4. The van der Waals surface area contributed by atoms with Gasteiger partial charge in [0.15, 0.2) is 0 Å². The van der Waals surface area contributed by atoms with Gasteiger partial charge in [0.25, 0.3) is 0 Å². The van der Waals surface area contributed by atoms with Gasteiger partial charge in [-0.1, -0.05) is 127 Å². The van der Waals surface area contributed by atoms with Crippen molar-refractivity contribution in [2.24, 2.45) is 5.92 Å². The minimum atomic E-state index is -2.05. The number of aromatic nitrogens is 2. The van der Waals surface area contributed by atoms with E-state index in [-0.39, 0.29) is 36.8 Å². The van der Waals surface area contributed by atoms with Gasteiger partial charge in [-0.15, -0.1) is 0 Å². The largest absolute Gasteiger partial charge is 0.508 e. The lowest BCUT2D eigenvalue weighted by molar-refractivity contribution is -0.178. The van der Waals surface area contributed by atoms with Crippen molar-refractivity contribution < 1.29 is 38.5 Å². The van der Waals surface area contributed by atoms with Crippen LogP contribution in [0.5, 0.6) is 5.75 Å². The first-order valence-corrected chi connectivity index (χ1v) is 23.1. The van der Waals surface area contributed by atoms with Crippen molar-refractivity contribution in [2.75, 3.05) is 38.8 Å². The molecule has 10 rings (SSSR count). The number of esters is 1. The number of hydrogen-bond acceptors (Lipinski definition) is 11. The Hall–Kier alpha value is -8.09. The molecule has 0 radical (unpaired) electrons. The number of carbonyl (C=O) groups is 4. The van der Waals surface area contributed by atoms with Crippen molar-refractivity contribution >= 4 is 40.6 Å². The number of cyclic esters (lactones) is 1. The predicted octanol–water partition coefficient (Wildman–Crippen LogP) is 7.52. The van der Waals surface area contributed by atoms with E-state index in [9.17, 15) is 9.90 Å². The van der Waals surface area contributed by atoms with E-state index in [1.165, 1.54) is 19.2 Å². The van der Waals surface area contributed by atoms with Gasteiger partial charge in [-0.05, 0) is 77.3 Å². The fourth-order valence-corrected chi connectivity index (χ4v) is 10.5. The number of ether oxygens (including phenoxy) is 3. The molecule has 14 nitrogen and oxygen atoms in total. The van der Waals surface area contributed by atoms with Crippen LogP contribution in [0.25, 0.3) is 11.0 Å². The van der Waals surface area contributed by atoms with Crippen molar-refractivity contribution in [3.63, 3.8) is 0 Å². The Balaban J connectivity index is 1.19. The van der Waals surface area contributed by atoms with Gasteiger partial charge in [-0.2, -0.15) is 0 Å². The summed E-state index contributed by atoms with van der Waals surface area (Å²) in [6.07, 6.45) is -1.90. The molecule has 3 aliphatic rings. The number of benzene rings is 6. The summed E-state index contributed by atoms with van der Waals surface area (Å²) in [5.41, 5.74) is 3.44. The molecule has 3 N–H and O–H groups in total. The number of phenols is 1. The van der Waals surface area contributed by atoms with Gasteiger partial charge in [0, 0.05) is 19.2 Å². The third-order valence-corrected chi connectivity index (χ3v) is 13.4. The maximum absolute atomic E-state index is 16.4. The average Bonchev–Trinajstić information content (AvgIpc) is 4.03. The quantitative estimate of drug-likeness (QED) is 0.0631. The number of morpholine rings is 1. The Morgan fingerprint density at radius 1 is 0.829 bits per heavy atom. The van der Waals surface area contributed by atoms with Gasteiger partial charge in [-0.3, -0.25) is 24.2 Å². The molecule has 0 bridgehead atoms. The van der Waals surface area contributed by atoms with Crippen LogP contribution in [0.4, 0.5) is 10.5 Å². The SMILES string of the molecule is COCCOC(=O)N1C(=O)[C@@]2(c3cc(C#CCN(C)Cc4ccccc4)ccc31)[C@H](c1ccc(O)cc1)N1[C@H](c3ccccc3)[C@H](c3ccccc3)OC(=O)[C@H]1[C@@H]2C(=O)NCc1nc2ccccc2[nH]1. The molecule has 3 amide bonds. The molecule has 2 saturated heterocycles. The second kappa shape index (κ2) is 19.5. The van der Waals surface area contributed by atoms with Crippen LogP contribution < -0.4 is 10.2 Å². The number of nitrogens with zero attached hydrogens (tertiary/aromatic N) is 4. The highest BCUT2D eigenvalue weighted by Crippen LogP contribution is 2.66. The molecule has 0 aliphatic carbocycles. The fourth-order valence-electron chi connectivity index (χ4n) is 10.5. The van der Waals surface area contributed by atoms with Crippen LogP contribution >= 0.6 is 0 Å². The van der Waals surface area contributed by atoms with Crippen LogP contribution in [0.1, 0.15) is 57.4 Å². The van der Waals surface area contributed by atoms with Crippen molar-refractivity contribution in [1.29, 1.82) is 0 Å². The van der Waals surface area contributed by atoms with Crippen molar-refractivity contribution in [1.82, 2.24) is 25.1 Å². The lowest BCUT2D eigenvalue weighted by atomic mass is 9.65. The Bertz CT molecular complexity index is 3090. The van der Waals surface area contributed by atoms with Crippen molar-refractivity contribution in [3.8, 4) is 17.6 Å². The minimum absolute atomic E-state index is 0.0383. The number of rotatable bonds is 12. The molecule has 7 aromatic rings. The van der Waals surface area contributed by atoms with Gasteiger partial charge >= 0.3 is 12.1 Å². The van der Waals surface area contributed by atoms with Crippen LogP contribution in [-0.4, -0.2) is 88.7 Å². The molecule has 14 heteroatoms. The first-order chi connectivity index (χ1) is 34.2. The number of para-hydroxylation sites is 2. The topological polar surface area (TPSA) is 167 Å².